The molecule has 0 saturated heterocycles. The summed E-state index contributed by atoms with van der Waals surface area (Å²) in [6.45, 7) is 0. The van der Waals surface area contributed by atoms with Gasteiger partial charge in [0.05, 0.1) is 17.2 Å². The zero-order chi connectivity index (χ0) is 15.7. The van der Waals surface area contributed by atoms with Gasteiger partial charge in [0.15, 0.2) is 11.1 Å². The topological polar surface area (TPSA) is 83.9 Å². The summed E-state index contributed by atoms with van der Waals surface area (Å²) in [6.07, 6.45) is 2.59. The molecular weight excluding hydrogens is 306 g/mol. The van der Waals surface area contributed by atoms with Gasteiger partial charge in [0.1, 0.15) is 5.94 Å². The Hall–Kier alpha value is -1.57. The number of benzene rings is 1. The molecule has 0 radical (unpaired) electrons. The van der Waals surface area contributed by atoms with Gasteiger partial charge in [-0.05, 0) is 37.8 Å². The molecule has 1 fully saturated rings. The van der Waals surface area contributed by atoms with E-state index in [1.165, 1.54) is 4.90 Å². The van der Waals surface area contributed by atoms with Gasteiger partial charge in [-0.25, -0.2) is 4.21 Å². The van der Waals surface area contributed by atoms with Crippen LogP contribution in [0.4, 0.5) is 0 Å². The average Bonchev–Trinajstić information content (AvgIpc) is 2.78. The number of nitrogens with zero attached hydrogens (tertiary/aromatic N) is 1. The highest BCUT2D eigenvalue weighted by atomic mass is 32.2. The number of rotatable bonds is 4. The zero-order valence-corrected chi connectivity index (χ0v) is 12.8. The lowest BCUT2D eigenvalue weighted by molar-refractivity contribution is 0.0263. The maximum Gasteiger partial charge on any atom is 0.261 e. The van der Waals surface area contributed by atoms with Crippen LogP contribution in [0.1, 0.15) is 46.4 Å². The highest BCUT2D eigenvalue weighted by molar-refractivity contribution is 7.79. The first-order valence-corrected chi connectivity index (χ1v) is 8.51. The number of amides is 2. The lowest BCUT2D eigenvalue weighted by Crippen LogP contribution is -2.43. The smallest absolute Gasteiger partial charge is 0.261 e. The SMILES string of the molecule is O=C1c2ccccc2C(=O)N1[C@H]1CC[C@H](OCS(=O)O)CC1. The molecule has 1 saturated carbocycles. The molecule has 0 aromatic heterocycles. The quantitative estimate of drug-likeness (QED) is 0.674. The van der Waals surface area contributed by atoms with Crippen LogP contribution in [0.25, 0.3) is 0 Å². The van der Waals surface area contributed by atoms with E-state index >= 15 is 0 Å². The summed E-state index contributed by atoms with van der Waals surface area (Å²) in [7, 11) is 0. The maximum absolute atomic E-state index is 12.4. The molecule has 1 aromatic carbocycles. The van der Waals surface area contributed by atoms with E-state index in [2.05, 4.69) is 0 Å². The van der Waals surface area contributed by atoms with E-state index in [0.29, 0.717) is 36.8 Å². The van der Waals surface area contributed by atoms with Crippen molar-refractivity contribution in [2.24, 2.45) is 0 Å². The lowest BCUT2D eigenvalue weighted by atomic mass is 9.92. The fraction of sp³-hybridized carbons (Fsp3) is 0.467. The standard InChI is InChI=1S/C15H17NO5S/c17-14-12-3-1-2-4-13(12)15(18)16(14)10-5-7-11(8-6-10)21-9-22(19)20/h1-4,10-11H,5-9H2,(H,19,20)/t10-,11-. The lowest BCUT2D eigenvalue weighted by Gasteiger charge is -2.33. The van der Waals surface area contributed by atoms with Crippen molar-refractivity contribution in [2.75, 3.05) is 5.94 Å². The van der Waals surface area contributed by atoms with Crippen LogP contribution in [-0.4, -0.2) is 43.6 Å². The molecule has 0 spiro atoms. The second-order valence-corrected chi connectivity index (χ2v) is 6.44. The molecule has 118 valence electrons. The van der Waals surface area contributed by atoms with Gasteiger partial charge < -0.3 is 9.29 Å². The Labute approximate surface area is 130 Å². The van der Waals surface area contributed by atoms with Crippen molar-refractivity contribution in [3.05, 3.63) is 35.4 Å². The summed E-state index contributed by atoms with van der Waals surface area (Å²) >= 11 is -1.96. The number of carbonyl (C=O) groups is 2. The van der Waals surface area contributed by atoms with Crippen molar-refractivity contribution in [3.63, 3.8) is 0 Å². The van der Waals surface area contributed by atoms with Crippen molar-refractivity contribution < 1.29 is 23.1 Å². The monoisotopic (exact) mass is 323 g/mol. The fourth-order valence-corrected chi connectivity index (χ4v) is 3.47. The Morgan fingerprint density at radius 2 is 1.64 bits per heavy atom. The Balaban J connectivity index is 1.64. The largest absolute Gasteiger partial charge is 0.362 e. The third-order valence-electron chi connectivity index (χ3n) is 4.24. The Bertz CT molecular complexity index is 589. The van der Waals surface area contributed by atoms with E-state index in [1.807, 2.05) is 0 Å². The van der Waals surface area contributed by atoms with Crippen LogP contribution in [0.15, 0.2) is 24.3 Å². The summed E-state index contributed by atoms with van der Waals surface area (Å²) in [5, 5.41) is 0. The summed E-state index contributed by atoms with van der Waals surface area (Å²) in [5.74, 6) is -0.634. The van der Waals surface area contributed by atoms with Gasteiger partial charge in [-0.1, -0.05) is 12.1 Å². The normalized spacial score (nSPS) is 26.1. The van der Waals surface area contributed by atoms with Crippen molar-refractivity contribution >= 4 is 22.9 Å². The van der Waals surface area contributed by atoms with E-state index in [1.54, 1.807) is 24.3 Å². The number of fused-ring (bicyclic) bond motifs is 1. The first-order valence-electron chi connectivity index (χ1n) is 7.24. The van der Waals surface area contributed by atoms with E-state index in [-0.39, 0.29) is 29.9 Å². The molecule has 1 aliphatic heterocycles. The maximum atomic E-state index is 12.4. The summed E-state index contributed by atoms with van der Waals surface area (Å²) in [5.41, 5.74) is 0.947. The van der Waals surface area contributed by atoms with E-state index < -0.39 is 11.1 Å². The van der Waals surface area contributed by atoms with Crippen molar-refractivity contribution in [1.29, 1.82) is 0 Å². The molecule has 1 aromatic rings. The van der Waals surface area contributed by atoms with Gasteiger partial charge in [-0.3, -0.25) is 14.5 Å². The molecule has 1 heterocycles. The minimum absolute atomic E-state index is 0.0810. The second-order valence-electron chi connectivity index (χ2n) is 5.56. The predicted octanol–water partition coefficient (Wildman–Crippen LogP) is 1.79. The van der Waals surface area contributed by atoms with E-state index in [4.69, 9.17) is 9.29 Å². The van der Waals surface area contributed by atoms with Gasteiger partial charge in [-0.15, -0.1) is 0 Å². The van der Waals surface area contributed by atoms with Crippen LogP contribution in [-0.2, 0) is 15.8 Å². The molecule has 0 bridgehead atoms. The van der Waals surface area contributed by atoms with Gasteiger partial charge in [-0.2, -0.15) is 0 Å². The van der Waals surface area contributed by atoms with Crippen LogP contribution in [0.2, 0.25) is 0 Å². The molecular formula is C15H17NO5S. The van der Waals surface area contributed by atoms with Gasteiger partial charge in [0.2, 0.25) is 0 Å². The zero-order valence-electron chi connectivity index (χ0n) is 11.9. The van der Waals surface area contributed by atoms with Crippen molar-refractivity contribution in [3.8, 4) is 0 Å². The van der Waals surface area contributed by atoms with E-state index in [0.717, 1.165) is 0 Å². The van der Waals surface area contributed by atoms with Crippen LogP contribution in [0, 0.1) is 0 Å². The van der Waals surface area contributed by atoms with Crippen LogP contribution in [0.3, 0.4) is 0 Å². The molecule has 1 atom stereocenters. The van der Waals surface area contributed by atoms with Gasteiger partial charge >= 0.3 is 0 Å². The number of hydrogen-bond donors (Lipinski definition) is 1. The first kappa shape index (κ1) is 15.3. The number of hydrogen-bond acceptors (Lipinski definition) is 4. The van der Waals surface area contributed by atoms with Crippen molar-refractivity contribution in [1.82, 2.24) is 4.90 Å². The minimum Gasteiger partial charge on any atom is -0.362 e. The molecule has 3 rings (SSSR count). The van der Waals surface area contributed by atoms with Gasteiger partial charge in [0, 0.05) is 6.04 Å². The summed E-state index contributed by atoms with van der Waals surface area (Å²) < 4.78 is 24.7. The molecule has 1 N–H and O–H groups in total. The Morgan fingerprint density at radius 1 is 1.09 bits per heavy atom. The van der Waals surface area contributed by atoms with Gasteiger partial charge in [0.25, 0.3) is 11.8 Å². The Morgan fingerprint density at radius 3 is 2.14 bits per heavy atom. The number of carbonyl (C=O) groups excluding carboxylic acids is 2. The summed E-state index contributed by atoms with van der Waals surface area (Å²) in [4.78, 5) is 26.2. The molecule has 1 aliphatic carbocycles. The molecule has 6 nitrogen and oxygen atoms in total. The average molecular weight is 323 g/mol. The number of imide groups is 1. The second kappa shape index (κ2) is 6.28. The first-order chi connectivity index (χ1) is 10.6. The molecule has 7 heteroatoms. The van der Waals surface area contributed by atoms with E-state index in [9.17, 15) is 13.8 Å². The predicted molar refractivity (Wildman–Crippen MR) is 79.7 cm³/mol. The van der Waals surface area contributed by atoms with Crippen molar-refractivity contribution in [2.45, 2.75) is 37.8 Å². The summed E-state index contributed by atoms with van der Waals surface area (Å²) in [6, 6.07) is 6.76. The van der Waals surface area contributed by atoms with Crippen LogP contribution >= 0.6 is 0 Å². The molecule has 22 heavy (non-hydrogen) atoms. The third-order valence-corrected chi connectivity index (χ3v) is 4.58. The Kier molecular flexibility index (Phi) is 4.37. The highest BCUT2D eigenvalue weighted by Gasteiger charge is 2.40. The molecule has 1 unspecified atom stereocenters. The van der Waals surface area contributed by atoms with Crippen LogP contribution < -0.4 is 0 Å². The van der Waals surface area contributed by atoms with Crippen LogP contribution in [0.5, 0.6) is 0 Å². The highest BCUT2D eigenvalue weighted by Crippen LogP contribution is 2.31. The molecule has 2 amide bonds. The fourth-order valence-electron chi connectivity index (χ4n) is 3.16. The molecule has 2 aliphatic rings. The number of ether oxygens (including phenoxy) is 1. The minimum atomic E-state index is -1.96. The third kappa shape index (κ3) is 2.84.